The Morgan fingerprint density at radius 3 is 2.24 bits per heavy atom. The number of hydrogen-bond donors (Lipinski definition) is 2. The summed E-state index contributed by atoms with van der Waals surface area (Å²) in [6, 6.07) is 27.2. The fourth-order valence-corrected chi connectivity index (χ4v) is 3.98. The number of hydrogen-bond acceptors (Lipinski definition) is 5. The number of aliphatic imine (C=N–C) groups is 1. The van der Waals surface area contributed by atoms with E-state index in [1.54, 1.807) is 20.4 Å². The Labute approximate surface area is 197 Å². The average molecular weight is 450 g/mol. The maximum absolute atomic E-state index is 10.9. The molecule has 0 saturated heterocycles. The van der Waals surface area contributed by atoms with Crippen LogP contribution in [0.1, 0.15) is 11.1 Å². The van der Waals surface area contributed by atoms with Crippen molar-refractivity contribution in [3.8, 4) is 28.6 Å². The number of rotatable bonds is 6. The largest absolute Gasteiger partial charge is 0.494 e. The van der Waals surface area contributed by atoms with Crippen LogP contribution in [0, 0.1) is 0 Å². The van der Waals surface area contributed by atoms with Crippen molar-refractivity contribution in [3.63, 3.8) is 0 Å². The number of fused-ring (bicyclic) bond motifs is 1. The van der Waals surface area contributed by atoms with Crippen LogP contribution in [0.4, 0.5) is 5.69 Å². The number of nitrogens with one attached hydrogen (secondary N) is 1. The van der Waals surface area contributed by atoms with Crippen molar-refractivity contribution < 1.29 is 14.6 Å². The van der Waals surface area contributed by atoms with Gasteiger partial charge >= 0.3 is 0 Å². The zero-order chi connectivity index (χ0) is 23.5. The second-order valence-corrected chi connectivity index (χ2v) is 7.69. The van der Waals surface area contributed by atoms with Gasteiger partial charge in [0.1, 0.15) is 0 Å². The monoisotopic (exact) mass is 449 g/mol. The molecule has 5 aromatic rings. The van der Waals surface area contributed by atoms with E-state index in [4.69, 9.17) is 14.5 Å². The van der Waals surface area contributed by atoms with Gasteiger partial charge in [-0.2, -0.15) is 0 Å². The molecule has 2 N–H and O–H groups in total. The van der Waals surface area contributed by atoms with E-state index in [1.165, 1.54) is 0 Å². The van der Waals surface area contributed by atoms with Gasteiger partial charge in [-0.3, -0.25) is 4.98 Å². The average Bonchev–Trinajstić information content (AvgIpc) is 3.22. The highest BCUT2D eigenvalue weighted by Crippen LogP contribution is 2.38. The highest BCUT2D eigenvalue weighted by atomic mass is 16.5. The summed E-state index contributed by atoms with van der Waals surface area (Å²) < 4.78 is 10.9. The SMILES string of the molecule is COc1cc2[nH]c(O)c(C(=Nc3ccc(-c4ccccn4)cc3)c3ccccc3)c2cc1OC. The molecule has 5 rings (SSSR count). The van der Waals surface area contributed by atoms with E-state index in [0.29, 0.717) is 22.8 Å². The van der Waals surface area contributed by atoms with Gasteiger partial charge < -0.3 is 19.6 Å². The minimum absolute atomic E-state index is 0.0259. The van der Waals surface area contributed by atoms with Crippen molar-refractivity contribution in [3.05, 3.63) is 102 Å². The minimum Gasteiger partial charge on any atom is -0.494 e. The molecule has 34 heavy (non-hydrogen) atoms. The van der Waals surface area contributed by atoms with Crippen molar-refractivity contribution in [1.29, 1.82) is 0 Å². The molecule has 3 aromatic carbocycles. The molecule has 2 aromatic heterocycles. The lowest BCUT2D eigenvalue weighted by Gasteiger charge is -2.10. The molecule has 2 heterocycles. The van der Waals surface area contributed by atoms with E-state index in [9.17, 15) is 5.11 Å². The highest BCUT2D eigenvalue weighted by molar-refractivity contribution is 6.22. The Hall–Kier alpha value is -4.58. The van der Waals surface area contributed by atoms with Crippen molar-refractivity contribution in [2.45, 2.75) is 0 Å². The summed E-state index contributed by atoms with van der Waals surface area (Å²) in [4.78, 5) is 12.4. The summed E-state index contributed by atoms with van der Waals surface area (Å²) in [5.74, 6) is 1.17. The molecule has 0 aliphatic rings. The molecule has 0 fully saturated rings. The lowest BCUT2D eigenvalue weighted by atomic mass is 10.0. The first kappa shape index (κ1) is 21.3. The quantitative estimate of drug-likeness (QED) is 0.306. The van der Waals surface area contributed by atoms with Crippen molar-refractivity contribution in [2.24, 2.45) is 4.99 Å². The number of H-pyrrole nitrogens is 1. The standard InChI is InChI=1S/C28H23N3O3/c1-33-24-16-21-23(17-25(24)34-2)31-28(32)26(21)27(19-8-4-3-5-9-19)30-20-13-11-18(12-14-20)22-10-6-7-15-29-22/h3-17,31-32H,1-2H3. The lowest BCUT2D eigenvalue weighted by Crippen LogP contribution is -2.03. The molecule has 0 aliphatic carbocycles. The Morgan fingerprint density at radius 1 is 0.853 bits per heavy atom. The van der Waals surface area contributed by atoms with Gasteiger partial charge in [-0.1, -0.05) is 48.5 Å². The molecule has 0 atom stereocenters. The zero-order valence-electron chi connectivity index (χ0n) is 18.8. The number of nitrogens with zero attached hydrogens (tertiary/aromatic N) is 2. The van der Waals surface area contributed by atoms with E-state index < -0.39 is 0 Å². The highest BCUT2D eigenvalue weighted by Gasteiger charge is 2.21. The number of methoxy groups -OCH3 is 2. The van der Waals surface area contributed by atoms with Crippen LogP contribution in [0.3, 0.4) is 0 Å². The van der Waals surface area contributed by atoms with Crippen LogP contribution in [-0.2, 0) is 0 Å². The summed E-state index contributed by atoms with van der Waals surface area (Å²) in [6.45, 7) is 0. The maximum atomic E-state index is 10.9. The van der Waals surface area contributed by atoms with E-state index in [0.717, 1.165) is 33.4 Å². The van der Waals surface area contributed by atoms with Crippen LogP contribution in [0.2, 0.25) is 0 Å². The summed E-state index contributed by atoms with van der Waals surface area (Å²) >= 11 is 0. The lowest BCUT2D eigenvalue weighted by molar-refractivity contribution is 0.356. The summed E-state index contributed by atoms with van der Waals surface area (Å²) in [7, 11) is 3.17. The van der Waals surface area contributed by atoms with Gasteiger partial charge in [0.2, 0.25) is 0 Å². The second-order valence-electron chi connectivity index (χ2n) is 7.69. The third-order valence-corrected chi connectivity index (χ3v) is 5.64. The first-order chi connectivity index (χ1) is 16.7. The number of aromatic hydroxyl groups is 1. The number of benzene rings is 3. The van der Waals surface area contributed by atoms with E-state index >= 15 is 0 Å². The van der Waals surface area contributed by atoms with Gasteiger partial charge in [-0.05, 0) is 30.3 Å². The van der Waals surface area contributed by atoms with Crippen LogP contribution in [-0.4, -0.2) is 35.0 Å². The van der Waals surface area contributed by atoms with Crippen LogP contribution in [0.15, 0.2) is 96.1 Å². The van der Waals surface area contributed by atoms with E-state index in [2.05, 4.69) is 9.97 Å². The minimum atomic E-state index is 0.0259. The molecule has 168 valence electrons. The van der Waals surface area contributed by atoms with Crippen LogP contribution < -0.4 is 9.47 Å². The first-order valence-corrected chi connectivity index (χ1v) is 10.8. The maximum Gasteiger partial charge on any atom is 0.199 e. The van der Waals surface area contributed by atoms with Crippen molar-refractivity contribution >= 4 is 22.3 Å². The molecule has 0 spiro atoms. The van der Waals surface area contributed by atoms with Crippen LogP contribution in [0.5, 0.6) is 17.4 Å². The van der Waals surface area contributed by atoms with Gasteiger partial charge in [0.25, 0.3) is 0 Å². The molecule has 0 unspecified atom stereocenters. The van der Waals surface area contributed by atoms with Crippen molar-refractivity contribution in [1.82, 2.24) is 9.97 Å². The number of pyridine rings is 1. The van der Waals surface area contributed by atoms with Crippen LogP contribution in [0.25, 0.3) is 22.2 Å². The number of aromatic amines is 1. The Kier molecular flexibility index (Phi) is 5.70. The smallest absolute Gasteiger partial charge is 0.199 e. The molecule has 0 bridgehead atoms. The Balaban J connectivity index is 1.67. The van der Waals surface area contributed by atoms with E-state index in [1.807, 2.05) is 84.9 Å². The summed E-state index contributed by atoms with van der Waals surface area (Å²) in [5.41, 5.74) is 5.50. The topological polar surface area (TPSA) is 79.7 Å². The zero-order valence-corrected chi connectivity index (χ0v) is 18.8. The van der Waals surface area contributed by atoms with Gasteiger partial charge in [0, 0.05) is 28.8 Å². The van der Waals surface area contributed by atoms with Gasteiger partial charge in [-0.25, -0.2) is 4.99 Å². The molecule has 0 radical (unpaired) electrons. The third-order valence-electron chi connectivity index (χ3n) is 5.64. The predicted molar refractivity (Wildman–Crippen MR) is 134 cm³/mol. The molecule has 0 aliphatic heterocycles. The van der Waals surface area contributed by atoms with Gasteiger partial charge in [0.05, 0.1) is 42.4 Å². The summed E-state index contributed by atoms with van der Waals surface area (Å²) in [6.07, 6.45) is 1.78. The van der Waals surface area contributed by atoms with Gasteiger partial charge in [0.15, 0.2) is 17.4 Å². The fraction of sp³-hybridized carbons (Fsp3) is 0.0714. The molecule has 0 amide bonds. The molecular formula is C28H23N3O3. The third kappa shape index (κ3) is 3.97. The van der Waals surface area contributed by atoms with Gasteiger partial charge in [-0.15, -0.1) is 0 Å². The molecule has 6 heteroatoms. The Bertz CT molecular complexity index is 1460. The molecule has 0 saturated carbocycles. The Morgan fingerprint density at radius 2 is 1.56 bits per heavy atom. The molecule has 6 nitrogen and oxygen atoms in total. The fourth-order valence-electron chi connectivity index (χ4n) is 3.98. The second kappa shape index (κ2) is 9.11. The first-order valence-electron chi connectivity index (χ1n) is 10.8. The molecular weight excluding hydrogens is 426 g/mol. The number of ether oxygens (including phenoxy) is 2. The van der Waals surface area contributed by atoms with Crippen molar-refractivity contribution in [2.75, 3.05) is 14.2 Å². The predicted octanol–water partition coefficient (Wildman–Crippen LogP) is 6.12. The normalized spacial score (nSPS) is 11.5. The van der Waals surface area contributed by atoms with Crippen LogP contribution >= 0.6 is 0 Å². The van der Waals surface area contributed by atoms with E-state index in [-0.39, 0.29) is 5.88 Å². The number of aromatic nitrogens is 2. The summed E-state index contributed by atoms with van der Waals surface area (Å²) in [5, 5.41) is 11.7.